The van der Waals surface area contributed by atoms with Gasteiger partial charge >= 0.3 is 45.0 Å². The van der Waals surface area contributed by atoms with Gasteiger partial charge in [0.15, 0.2) is 0 Å². The molecule has 45 nitrogen and oxygen atoms in total. The Kier molecular flexibility index (Phi) is 1650. The third kappa shape index (κ3) is 586. The summed E-state index contributed by atoms with van der Waals surface area (Å²) in [7, 11) is 31.3. The fourth-order valence-electron chi connectivity index (χ4n) is 2.36. The van der Waals surface area contributed by atoms with Crippen molar-refractivity contribution in [2.75, 3.05) is 283 Å². The minimum Gasteiger partial charge on any atom is -0.400 e. The highest BCUT2D eigenvalue weighted by atomic mass is 28.4. The molecule has 36 N–H and O–H groups in total. The van der Waals surface area contributed by atoms with Crippen LogP contribution in [0.4, 0.5) is 0 Å². The number of hydrogen-bond acceptors (Lipinski definition) is 45. The summed E-state index contributed by atoms with van der Waals surface area (Å²) in [6.07, 6.45) is 2.49. The molecule has 0 spiro atoms. The molecular weight excluding hydrogens is 1430 g/mol. The molecule has 0 saturated heterocycles. The third-order valence-corrected chi connectivity index (χ3v) is 12.5. The SMILES string of the molecule is C.C.CO.CO.CO.CO.CO.CO.CO.CO.CO.CO.CO.CO.CO.CO.CO.CO.CO.CO.CO.CO.CO.CO.CO.CO.CO.CO.CO.CO.CO.CO[Si](CCCN)(OC)OC.CO[Si](CCCN)(OC)OC.CO[Si](O)(CCCN)OC.O=[Si]=O.O=[Si]=O. The van der Waals surface area contributed by atoms with Crippen molar-refractivity contribution in [3.8, 4) is 0 Å². The van der Waals surface area contributed by atoms with Crippen molar-refractivity contribution < 1.29 is 206 Å². The summed E-state index contributed by atoms with van der Waals surface area (Å²) in [5, 5.41) is 203. The van der Waals surface area contributed by atoms with E-state index in [4.69, 9.17) is 219 Å². The molecule has 0 aliphatic carbocycles. The number of nitrogens with two attached hydrogens (primary N) is 3. The van der Waals surface area contributed by atoms with Gasteiger partial charge in [0.1, 0.15) is 0 Å². The molecule has 0 aromatic carbocycles. The van der Waals surface area contributed by atoms with Gasteiger partial charge in [-0.25, -0.2) is 0 Å². The van der Waals surface area contributed by atoms with Gasteiger partial charge < -0.3 is 205 Å². The molecule has 0 aliphatic heterocycles. The van der Waals surface area contributed by atoms with Crippen molar-refractivity contribution in [1.82, 2.24) is 0 Å². The monoisotopic (exact) mass is 1600 g/mol. The van der Waals surface area contributed by atoms with E-state index in [1.54, 1.807) is 42.7 Å². The van der Waals surface area contributed by atoms with Crippen LogP contribution in [0.25, 0.3) is 0 Å². The molecule has 0 atom stereocenters. The predicted molar refractivity (Wildman–Crippen MR) is 395 cm³/mol. The minimum absolute atomic E-state index is 0. The van der Waals surface area contributed by atoms with E-state index in [1.165, 1.54) is 14.2 Å². The van der Waals surface area contributed by atoms with Crippen molar-refractivity contribution in [2.24, 2.45) is 17.2 Å². The highest BCUT2D eigenvalue weighted by Crippen LogP contribution is 2.14. The number of aliphatic hydroxyl groups excluding tert-OH is 29. The van der Waals surface area contributed by atoms with Crippen LogP contribution in [-0.4, -0.2) is 481 Å². The molecule has 652 valence electrons. The number of aliphatic hydroxyl groups is 29. The van der Waals surface area contributed by atoms with Crippen LogP contribution < -0.4 is 17.2 Å². The smallest absolute Gasteiger partial charge is 0.400 e. The van der Waals surface area contributed by atoms with Gasteiger partial charge in [-0.05, 0) is 38.9 Å². The topological polar surface area (TPSA) is 827 Å². The molecule has 0 saturated carbocycles. The van der Waals surface area contributed by atoms with E-state index in [2.05, 4.69) is 0 Å². The van der Waals surface area contributed by atoms with Gasteiger partial charge in [0, 0.05) is 281 Å². The van der Waals surface area contributed by atoms with Gasteiger partial charge in [-0.3, -0.25) is 17.8 Å². The first-order chi connectivity index (χ1) is 47.0. The van der Waals surface area contributed by atoms with Gasteiger partial charge in [0.25, 0.3) is 0 Å². The summed E-state index contributed by atoms with van der Waals surface area (Å²) in [6.45, 7) is 1.84. The standard InChI is InChI=1S/2C6H17NO3Si.C5H15NO3Si.29CH4O.2CH4.2O2Si/c2*1-8-11(9-2,10-3)6-4-5-7;1-8-10(7,9-2)5-3-4-6;29*1-2;;;2*1-3-2/h2*4-7H2,1-3H3;7H,3-6H2,1-2H3;29*2H,1H3;2*1H4;;. The predicted octanol–water partition coefficient (Wildman–Crippen LogP) is -11.3. The number of hydrogen-bond donors (Lipinski definition) is 33. The quantitative estimate of drug-likeness (QED) is 0.0601. The first-order valence-electron chi connectivity index (χ1n) is 24.2. The Bertz CT molecular complexity index is 569. The van der Waals surface area contributed by atoms with Crippen LogP contribution in [0.3, 0.4) is 0 Å². The molecule has 0 aliphatic rings. The Morgan fingerprint density at radius 3 is 0.357 bits per heavy atom. The van der Waals surface area contributed by atoms with Crippen LogP contribution in [-0.2, 0) is 53.3 Å². The highest BCUT2D eigenvalue weighted by Gasteiger charge is 2.37. The summed E-state index contributed by atoms with van der Waals surface area (Å²) in [6, 6.07) is 2.11. The largest absolute Gasteiger partial charge is 0.549 e. The highest BCUT2D eigenvalue weighted by molar-refractivity contribution is 6.61. The van der Waals surface area contributed by atoms with Crippen molar-refractivity contribution >= 4 is 45.0 Å². The molecule has 0 heterocycles. The second-order valence-electron chi connectivity index (χ2n) is 6.56. The fourth-order valence-corrected chi connectivity index (χ4v) is 7.09. The Morgan fingerprint density at radius 2 is 0.296 bits per heavy atom. The van der Waals surface area contributed by atoms with Gasteiger partial charge in [0.05, 0.1) is 0 Å². The van der Waals surface area contributed by atoms with Crippen molar-refractivity contribution in [3.05, 3.63) is 0 Å². The van der Waals surface area contributed by atoms with Gasteiger partial charge in [-0.1, -0.05) is 14.9 Å². The maximum Gasteiger partial charge on any atom is 0.549 e. The Balaban J connectivity index is -0.0000000123. The molecule has 0 rings (SSSR count). The normalized spacial score (nSPS) is 5.86. The van der Waals surface area contributed by atoms with E-state index in [0.717, 1.165) is 238 Å². The molecule has 0 aromatic rings. The van der Waals surface area contributed by atoms with E-state index >= 15 is 0 Å². The van der Waals surface area contributed by atoms with Crippen LogP contribution in [0.15, 0.2) is 0 Å². The molecule has 0 bridgehead atoms. The zero-order chi connectivity index (χ0) is 88.9. The van der Waals surface area contributed by atoms with E-state index in [9.17, 15) is 4.80 Å². The Labute approximate surface area is 601 Å². The molecular formula is C48H173N3O42Si5. The van der Waals surface area contributed by atoms with Gasteiger partial charge in [-0.15, -0.1) is 0 Å². The maximum absolute atomic E-state index is 9.40. The zero-order valence-electron chi connectivity index (χ0n) is 65.9. The summed E-state index contributed by atoms with van der Waals surface area (Å²) in [5.74, 6) is 0. The lowest BCUT2D eigenvalue weighted by Crippen LogP contribution is -2.42. The van der Waals surface area contributed by atoms with Crippen LogP contribution >= 0.6 is 0 Å². The lowest BCUT2D eigenvalue weighted by Gasteiger charge is -2.23. The summed E-state index contributed by atoms with van der Waals surface area (Å²) < 4.78 is 74.3. The van der Waals surface area contributed by atoms with Crippen LogP contribution in [0, 0.1) is 0 Å². The third-order valence-electron chi connectivity index (χ3n) is 4.57. The summed E-state index contributed by atoms with van der Waals surface area (Å²) in [4.78, 5) is 9.40. The molecule has 0 aromatic heterocycles. The summed E-state index contributed by atoms with van der Waals surface area (Å²) >= 11 is 0. The van der Waals surface area contributed by atoms with Gasteiger partial charge in [0.2, 0.25) is 0 Å². The average Bonchev–Trinajstić information content (AvgIpc) is 3.76. The fraction of sp³-hybridized carbons (Fsp3) is 1.00. The molecule has 98 heavy (non-hydrogen) atoms. The van der Waals surface area contributed by atoms with Gasteiger partial charge in [-0.2, -0.15) is 0 Å². The van der Waals surface area contributed by atoms with E-state index in [-0.39, 0.29) is 14.9 Å². The second kappa shape index (κ2) is 674. The van der Waals surface area contributed by atoms with Crippen LogP contribution in [0.1, 0.15) is 34.1 Å². The van der Waals surface area contributed by atoms with E-state index in [0.29, 0.717) is 25.7 Å². The van der Waals surface area contributed by atoms with Crippen molar-refractivity contribution in [2.45, 2.75) is 52.2 Å². The lowest BCUT2D eigenvalue weighted by molar-refractivity contribution is 0.122. The second-order valence-corrected chi connectivity index (χ2v) is 15.8. The maximum atomic E-state index is 9.40. The zero-order valence-corrected chi connectivity index (χ0v) is 70.9. The average molecular weight is 1610 g/mol. The molecule has 0 unspecified atom stereocenters. The molecule has 50 heteroatoms. The van der Waals surface area contributed by atoms with Crippen molar-refractivity contribution in [1.29, 1.82) is 0 Å². The Hall–Kier alpha value is -1.36. The molecule has 0 fully saturated rings. The number of rotatable bonds is 17. The van der Waals surface area contributed by atoms with Crippen LogP contribution in [0.2, 0.25) is 18.1 Å². The Morgan fingerprint density at radius 1 is 0.214 bits per heavy atom. The van der Waals surface area contributed by atoms with E-state index in [1.807, 2.05) is 0 Å². The first-order valence-corrected chi connectivity index (χ1v) is 31.7. The lowest BCUT2D eigenvalue weighted by atomic mass is 10.5. The molecule has 0 amide bonds. The minimum atomic E-state index is -2.80. The first kappa shape index (κ1) is 240. The molecule has 0 radical (unpaired) electrons. The van der Waals surface area contributed by atoms with Crippen LogP contribution in [0.5, 0.6) is 0 Å². The summed E-state index contributed by atoms with van der Waals surface area (Å²) in [5.41, 5.74) is 16.0. The van der Waals surface area contributed by atoms with Crippen molar-refractivity contribution in [3.63, 3.8) is 0 Å². The van der Waals surface area contributed by atoms with E-state index < -0.39 is 45.0 Å².